The monoisotopic (exact) mass is 262 g/mol. The largest absolute Gasteiger partial charge is 0.359 e. The molecule has 0 N–H and O–H groups in total. The Morgan fingerprint density at radius 1 is 0.842 bits per heavy atom. The number of ether oxygens (including phenoxy) is 2. The normalized spacial score (nSPS) is 60.8. The first kappa shape index (κ1) is 11.6. The molecule has 106 valence electrons. The molecule has 4 bridgehead atoms. The molecule has 9 unspecified atom stereocenters. The van der Waals surface area contributed by atoms with Crippen molar-refractivity contribution in [3.05, 3.63) is 0 Å². The molecule has 0 aromatic carbocycles. The van der Waals surface area contributed by atoms with Gasteiger partial charge in [0.1, 0.15) is 6.79 Å². The average Bonchev–Trinajstić information content (AvgIpc) is 3.13. The first-order valence-electron chi connectivity index (χ1n) is 8.49. The number of rotatable bonds is 3. The maximum atomic E-state index is 5.99. The van der Waals surface area contributed by atoms with Gasteiger partial charge in [-0.15, -0.1) is 0 Å². The SMILES string of the molecule is COCOC1CC2CC1C1C3CC(C4CCCC43)C21. The fraction of sp³-hybridized carbons (Fsp3) is 1.00. The van der Waals surface area contributed by atoms with Crippen molar-refractivity contribution < 1.29 is 9.47 Å². The van der Waals surface area contributed by atoms with Crippen LogP contribution in [0.25, 0.3) is 0 Å². The molecule has 0 aromatic heterocycles. The Bertz CT molecular complexity index is 379. The summed E-state index contributed by atoms with van der Waals surface area (Å²) >= 11 is 0. The Labute approximate surface area is 116 Å². The summed E-state index contributed by atoms with van der Waals surface area (Å²) in [5.74, 6) is 8.53. The van der Waals surface area contributed by atoms with Crippen molar-refractivity contribution in [1.29, 1.82) is 0 Å². The van der Waals surface area contributed by atoms with Gasteiger partial charge in [-0.25, -0.2) is 0 Å². The third kappa shape index (κ3) is 1.35. The summed E-state index contributed by atoms with van der Waals surface area (Å²) in [5, 5.41) is 0. The van der Waals surface area contributed by atoms with E-state index < -0.39 is 0 Å². The minimum absolute atomic E-state index is 0.505. The van der Waals surface area contributed by atoms with Gasteiger partial charge < -0.3 is 9.47 Å². The van der Waals surface area contributed by atoms with Gasteiger partial charge >= 0.3 is 0 Å². The van der Waals surface area contributed by atoms with E-state index in [0.717, 1.165) is 47.3 Å². The molecule has 19 heavy (non-hydrogen) atoms. The van der Waals surface area contributed by atoms with E-state index in [1.54, 1.807) is 26.4 Å². The Morgan fingerprint density at radius 2 is 1.63 bits per heavy atom. The first-order chi connectivity index (χ1) is 9.38. The summed E-state index contributed by atoms with van der Waals surface area (Å²) in [7, 11) is 1.75. The molecular weight excluding hydrogens is 236 g/mol. The molecule has 0 aromatic rings. The number of methoxy groups -OCH3 is 1. The van der Waals surface area contributed by atoms with Crippen molar-refractivity contribution in [2.24, 2.45) is 47.3 Å². The number of fused-ring (bicyclic) bond motifs is 12. The van der Waals surface area contributed by atoms with E-state index in [1.807, 2.05) is 0 Å². The average molecular weight is 262 g/mol. The predicted molar refractivity (Wildman–Crippen MR) is 72.4 cm³/mol. The predicted octanol–water partition coefficient (Wildman–Crippen LogP) is 3.31. The third-order valence-corrected chi connectivity index (χ3v) is 7.73. The second-order valence-corrected chi connectivity index (χ2v) is 7.98. The zero-order valence-electron chi connectivity index (χ0n) is 12.0. The maximum absolute atomic E-state index is 5.99. The molecule has 0 amide bonds. The van der Waals surface area contributed by atoms with Crippen molar-refractivity contribution in [2.45, 2.75) is 44.6 Å². The van der Waals surface area contributed by atoms with Gasteiger partial charge in [-0.05, 0) is 79.4 Å². The van der Waals surface area contributed by atoms with Crippen LogP contribution in [-0.2, 0) is 9.47 Å². The van der Waals surface area contributed by atoms with E-state index in [2.05, 4.69) is 0 Å². The molecule has 0 radical (unpaired) electrons. The molecular formula is C17H26O2. The highest BCUT2D eigenvalue weighted by Crippen LogP contribution is 2.72. The van der Waals surface area contributed by atoms with Crippen LogP contribution >= 0.6 is 0 Å². The number of hydrogen-bond acceptors (Lipinski definition) is 2. The van der Waals surface area contributed by atoms with E-state index in [4.69, 9.17) is 9.47 Å². The van der Waals surface area contributed by atoms with Gasteiger partial charge in [-0.1, -0.05) is 6.42 Å². The van der Waals surface area contributed by atoms with Crippen molar-refractivity contribution in [3.63, 3.8) is 0 Å². The molecule has 5 aliphatic carbocycles. The Hall–Kier alpha value is -0.0800. The molecule has 5 saturated carbocycles. The lowest BCUT2D eigenvalue weighted by atomic mass is 9.64. The molecule has 5 rings (SSSR count). The Balaban J connectivity index is 1.40. The van der Waals surface area contributed by atoms with Gasteiger partial charge in [-0.3, -0.25) is 0 Å². The fourth-order valence-corrected chi connectivity index (χ4v) is 7.60. The van der Waals surface area contributed by atoms with Crippen LogP contribution in [0.5, 0.6) is 0 Å². The summed E-state index contributed by atoms with van der Waals surface area (Å²) in [6.45, 7) is 0.505. The van der Waals surface area contributed by atoms with Crippen molar-refractivity contribution >= 4 is 0 Å². The lowest BCUT2D eigenvalue weighted by Gasteiger charge is -2.43. The van der Waals surface area contributed by atoms with Gasteiger partial charge in [0.2, 0.25) is 0 Å². The van der Waals surface area contributed by atoms with Gasteiger partial charge in [-0.2, -0.15) is 0 Å². The fourth-order valence-electron chi connectivity index (χ4n) is 7.60. The highest BCUT2D eigenvalue weighted by atomic mass is 16.7. The minimum atomic E-state index is 0.505. The minimum Gasteiger partial charge on any atom is -0.359 e. The standard InChI is InChI=1S/C17H26O2/c1-18-8-19-15-6-9-5-14(15)17-13-7-12(16(9)17)10-3-2-4-11(10)13/h9-17H,2-8H2,1H3. The molecule has 0 spiro atoms. The summed E-state index contributed by atoms with van der Waals surface area (Å²) in [6.07, 6.45) is 9.60. The van der Waals surface area contributed by atoms with Crippen LogP contribution in [0, 0.1) is 47.3 Å². The molecule has 9 atom stereocenters. The second kappa shape index (κ2) is 3.98. The lowest BCUT2D eigenvalue weighted by molar-refractivity contribution is -0.111. The summed E-state index contributed by atoms with van der Waals surface area (Å²) in [6, 6.07) is 0. The van der Waals surface area contributed by atoms with E-state index in [1.165, 1.54) is 19.3 Å². The molecule has 0 heterocycles. The van der Waals surface area contributed by atoms with Crippen LogP contribution in [0.3, 0.4) is 0 Å². The van der Waals surface area contributed by atoms with E-state index in [9.17, 15) is 0 Å². The van der Waals surface area contributed by atoms with Crippen molar-refractivity contribution in [3.8, 4) is 0 Å². The Kier molecular flexibility index (Phi) is 2.42. The lowest BCUT2D eigenvalue weighted by Crippen LogP contribution is -2.41. The number of hydrogen-bond donors (Lipinski definition) is 0. The van der Waals surface area contributed by atoms with Crippen molar-refractivity contribution in [2.75, 3.05) is 13.9 Å². The quantitative estimate of drug-likeness (QED) is 0.574. The maximum Gasteiger partial charge on any atom is 0.146 e. The van der Waals surface area contributed by atoms with Crippen LogP contribution in [0.2, 0.25) is 0 Å². The highest BCUT2D eigenvalue weighted by molar-refractivity contribution is 5.16. The zero-order chi connectivity index (χ0) is 12.6. The van der Waals surface area contributed by atoms with Crippen LogP contribution in [0.15, 0.2) is 0 Å². The van der Waals surface area contributed by atoms with Crippen LogP contribution in [0.1, 0.15) is 38.5 Å². The topological polar surface area (TPSA) is 18.5 Å². The second-order valence-electron chi connectivity index (χ2n) is 7.98. The van der Waals surface area contributed by atoms with Crippen LogP contribution < -0.4 is 0 Å². The summed E-state index contributed by atoms with van der Waals surface area (Å²) in [4.78, 5) is 0. The van der Waals surface area contributed by atoms with Gasteiger partial charge in [0.15, 0.2) is 0 Å². The smallest absolute Gasteiger partial charge is 0.146 e. The van der Waals surface area contributed by atoms with E-state index in [-0.39, 0.29) is 0 Å². The summed E-state index contributed by atoms with van der Waals surface area (Å²) < 4.78 is 11.1. The summed E-state index contributed by atoms with van der Waals surface area (Å²) in [5.41, 5.74) is 0. The van der Waals surface area contributed by atoms with E-state index in [0.29, 0.717) is 12.9 Å². The Morgan fingerprint density at radius 3 is 2.42 bits per heavy atom. The molecule has 0 aliphatic heterocycles. The van der Waals surface area contributed by atoms with E-state index >= 15 is 0 Å². The van der Waals surface area contributed by atoms with Gasteiger partial charge in [0.05, 0.1) is 6.10 Å². The van der Waals surface area contributed by atoms with Gasteiger partial charge in [0.25, 0.3) is 0 Å². The zero-order valence-corrected chi connectivity index (χ0v) is 12.0. The van der Waals surface area contributed by atoms with Gasteiger partial charge in [0, 0.05) is 7.11 Å². The molecule has 0 saturated heterocycles. The highest BCUT2D eigenvalue weighted by Gasteiger charge is 2.67. The molecule has 5 aliphatic rings. The molecule has 5 fully saturated rings. The molecule has 2 nitrogen and oxygen atoms in total. The van der Waals surface area contributed by atoms with Crippen LogP contribution in [-0.4, -0.2) is 20.0 Å². The van der Waals surface area contributed by atoms with Crippen LogP contribution in [0.4, 0.5) is 0 Å². The van der Waals surface area contributed by atoms with Crippen molar-refractivity contribution in [1.82, 2.24) is 0 Å². The third-order valence-electron chi connectivity index (χ3n) is 7.73. The molecule has 2 heteroatoms. The first-order valence-corrected chi connectivity index (χ1v) is 8.49.